The highest BCUT2D eigenvalue weighted by molar-refractivity contribution is 5.85. The van der Waals surface area contributed by atoms with Crippen LogP contribution in [0.25, 0.3) is 0 Å². The lowest BCUT2D eigenvalue weighted by Crippen LogP contribution is -2.43. The molecule has 0 saturated carbocycles. The molecular weight excluding hydrogens is 274 g/mol. The van der Waals surface area contributed by atoms with Gasteiger partial charge in [0.05, 0.1) is 6.54 Å². The van der Waals surface area contributed by atoms with Crippen molar-refractivity contribution in [2.24, 2.45) is 0 Å². The molecule has 20 heavy (non-hydrogen) atoms. The van der Waals surface area contributed by atoms with Crippen molar-refractivity contribution in [1.82, 2.24) is 25.0 Å². The van der Waals surface area contributed by atoms with E-state index >= 15 is 0 Å². The van der Waals surface area contributed by atoms with E-state index in [2.05, 4.69) is 38.8 Å². The normalized spacial score (nSPS) is 16.4. The van der Waals surface area contributed by atoms with Crippen LogP contribution in [0.1, 0.15) is 44.8 Å². The second kappa shape index (κ2) is 8.60. The molecule has 5 nitrogen and oxygen atoms in total. The maximum atomic E-state index is 4.36. The van der Waals surface area contributed by atoms with E-state index in [0.717, 1.165) is 44.4 Å². The van der Waals surface area contributed by atoms with Crippen molar-refractivity contribution >= 4 is 12.4 Å². The van der Waals surface area contributed by atoms with Gasteiger partial charge < -0.3 is 9.88 Å². The van der Waals surface area contributed by atoms with Crippen molar-refractivity contribution < 1.29 is 0 Å². The average molecular weight is 302 g/mol. The molecule has 6 heteroatoms. The summed E-state index contributed by atoms with van der Waals surface area (Å²) < 4.78 is 2.23. The summed E-state index contributed by atoms with van der Waals surface area (Å²) in [6.45, 7) is 11.8. The van der Waals surface area contributed by atoms with E-state index in [1.165, 1.54) is 19.3 Å². The SMILES string of the molecule is CCCN(Cc1nnc(C)n1CC)C1CCNCC1.Cl. The standard InChI is InChI=1S/C14H27N5.ClH/c1-4-10-18(13-6-8-15-9-7-13)11-14-17-16-12(3)19(14)5-2;/h13,15H,4-11H2,1-3H3;1H. The van der Waals surface area contributed by atoms with Gasteiger partial charge >= 0.3 is 0 Å². The van der Waals surface area contributed by atoms with Gasteiger partial charge in [-0.2, -0.15) is 0 Å². The molecule has 1 aromatic rings. The Kier molecular flexibility index (Phi) is 7.48. The Balaban J connectivity index is 0.00000200. The molecule has 0 spiro atoms. The molecule has 2 rings (SSSR count). The Labute approximate surface area is 128 Å². The molecule has 1 saturated heterocycles. The summed E-state index contributed by atoms with van der Waals surface area (Å²) in [5.41, 5.74) is 0. The molecule has 2 heterocycles. The number of rotatable bonds is 6. The van der Waals surface area contributed by atoms with Gasteiger partial charge in [-0.1, -0.05) is 6.92 Å². The lowest BCUT2D eigenvalue weighted by Gasteiger charge is -2.34. The predicted octanol–water partition coefficient (Wildman–Crippen LogP) is 1.99. The number of aryl methyl sites for hydroxylation is 1. The van der Waals surface area contributed by atoms with Gasteiger partial charge in [-0.3, -0.25) is 4.90 Å². The monoisotopic (exact) mass is 301 g/mol. The number of halogens is 1. The molecule has 0 atom stereocenters. The van der Waals surface area contributed by atoms with Crippen LogP contribution in [0.5, 0.6) is 0 Å². The quantitative estimate of drug-likeness (QED) is 0.873. The van der Waals surface area contributed by atoms with Crippen LogP contribution >= 0.6 is 12.4 Å². The molecule has 0 unspecified atom stereocenters. The van der Waals surface area contributed by atoms with Gasteiger partial charge in [0.25, 0.3) is 0 Å². The Morgan fingerprint density at radius 2 is 1.95 bits per heavy atom. The van der Waals surface area contributed by atoms with E-state index in [0.29, 0.717) is 6.04 Å². The summed E-state index contributed by atoms with van der Waals surface area (Å²) in [5, 5.41) is 12.0. The van der Waals surface area contributed by atoms with Crippen molar-refractivity contribution in [1.29, 1.82) is 0 Å². The fourth-order valence-corrected chi connectivity index (χ4v) is 2.98. The van der Waals surface area contributed by atoms with Gasteiger partial charge in [0.2, 0.25) is 0 Å². The topological polar surface area (TPSA) is 46.0 Å². The lowest BCUT2D eigenvalue weighted by molar-refractivity contribution is 0.148. The van der Waals surface area contributed by atoms with E-state index in [-0.39, 0.29) is 12.4 Å². The summed E-state index contributed by atoms with van der Waals surface area (Å²) in [6, 6.07) is 0.698. The van der Waals surface area contributed by atoms with E-state index in [4.69, 9.17) is 0 Å². The van der Waals surface area contributed by atoms with Crippen LogP contribution in [0.3, 0.4) is 0 Å². The van der Waals surface area contributed by atoms with Gasteiger partial charge in [0.1, 0.15) is 11.6 Å². The van der Waals surface area contributed by atoms with Crippen molar-refractivity contribution in [2.45, 2.75) is 59.2 Å². The van der Waals surface area contributed by atoms with E-state index in [9.17, 15) is 0 Å². The maximum Gasteiger partial charge on any atom is 0.147 e. The zero-order chi connectivity index (χ0) is 13.7. The number of piperidine rings is 1. The Bertz CT molecular complexity index is 387. The largest absolute Gasteiger partial charge is 0.317 e. The predicted molar refractivity (Wildman–Crippen MR) is 84.3 cm³/mol. The summed E-state index contributed by atoms with van der Waals surface area (Å²) in [7, 11) is 0. The fraction of sp³-hybridized carbons (Fsp3) is 0.857. The minimum absolute atomic E-state index is 0. The number of hydrogen-bond acceptors (Lipinski definition) is 4. The van der Waals surface area contributed by atoms with Crippen molar-refractivity contribution in [3.8, 4) is 0 Å². The van der Waals surface area contributed by atoms with Crippen LogP contribution in [-0.4, -0.2) is 45.3 Å². The first-order valence-corrected chi connectivity index (χ1v) is 7.59. The molecule has 0 aliphatic carbocycles. The summed E-state index contributed by atoms with van der Waals surface area (Å²) >= 11 is 0. The molecule has 0 aromatic carbocycles. The first-order chi connectivity index (χ1) is 9.26. The van der Waals surface area contributed by atoms with E-state index in [1.54, 1.807) is 0 Å². The van der Waals surface area contributed by atoms with Crippen LogP contribution in [-0.2, 0) is 13.1 Å². The fourth-order valence-electron chi connectivity index (χ4n) is 2.98. The zero-order valence-electron chi connectivity index (χ0n) is 12.9. The Hall–Kier alpha value is -0.650. The van der Waals surface area contributed by atoms with Gasteiger partial charge in [-0.25, -0.2) is 0 Å². The summed E-state index contributed by atoms with van der Waals surface area (Å²) in [6.07, 6.45) is 3.70. The van der Waals surface area contributed by atoms with Crippen LogP contribution in [0.4, 0.5) is 0 Å². The molecule has 0 radical (unpaired) electrons. The molecule has 0 amide bonds. The van der Waals surface area contributed by atoms with Crippen molar-refractivity contribution in [2.75, 3.05) is 19.6 Å². The third kappa shape index (κ3) is 4.17. The molecule has 1 aliphatic rings. The Morgan fingerprint density at radius 1 is 1.25 bits per heavy atom. The summed E-state index contributed by atoms with van der Waals surface area (Å²) in [5.74, 6) is 2.14. The van der Waals surface area contributed by atoms with Crippen LogP contribution < -0.4 is 5.32 Å². The molecule has 1 aromatic heterocycles. The molecule has 1 aliphatic heterocycles. The van der Waals surface area contributed by atoms with Crippen molar-refractivity contribution in [3.63, 3.8) is 0 Å². The van der Waals surface area contributed by atoms with Gasteiger partial charge in [0.15, 0.2) is 0 Å². The van der Waals surface area contributed by atoms with Crippen LogP contribution in [0.15, 0.2) is 0 Å². The minimum Gasteiger partial charge on any atom is -0.317 e. The van der Waals surface area contributed by atoms with E-state index in [1.807, 2.05) is 6.92 Å². The minimum atomic E-state index is 0. The molecular formula is C14H28ClN5. The molecule has 1 fully saturated rings. The highest BCUT2D eigenvalue weighted by Crippen LogP contribution is 2.16. The smallest absolute Gasteiger partial charge is 0.147 e. The second-order valence-electron chi connectivity index (χ2n) is 5.36. The van der Waals surface area contributed by atoms with Crippen LogP contribution in [0.2, 0.25) is 0 Å². The van der Waals surface area contributed by atoms with Gasteiger partial charge in [-0.15, -0.1) is 22.6 Å². The maximum absolute atomic E-state index is 4.36. The Morgan fingerprint density at radius 3 is 2.55 bits per heavy atom. The number of nitrogens with one attached hydrogen (secondary N) is 1. The first kappa shape index (κ1) is 17.4. The van der Waals surface area contributed by atoms with Crippen LogP contribution in [0, 0.1) is 6.92 Å². The number of hydrogen-bond donors (Lipinski definition) is 1. The van der Waals surface area contributed by atoms with Gasteiger partial charge in [0, 0.05) is 12.6 Å². The highest BCUT2D eigenvalue weighted by Gasteiger charge is 2.22. The second-order valence-corrected chi connectivity index (χ2v) is 5.36. The molecule has 0 bridgehead atoms. The third-order valence-corrected chi connectivity index (χ3v) is 4.01. The molecule has 1 N–H and O–H groups in total. The highest BCUT2D eigenvalue weighted by atomic mass is 35.5. The lowest BCUT2D eigenvalue weighted by atomic mass is 10.0. The third-order valence-electron chi connectivity index (χ3n) is 4.01. The zero-order valence-corrected chi connectivity index (χ0v) is 13.7. The number of nitrogens with zero attached hydrogens (tertiary/aromatic N) is 4. The number of aromatic nitrogens is 3. The molecule has 116 valence electrons. The van der Waals surface area contributed by atoms with Gasteiger partial charge in [-0.05, 0) is 52.7 Å². The van der Waals surface area contributed by atoms with Crippen molar-refractivity contribution in [3.05, 3.63) is 11.6 Å². The first-order valence-electron chi connectivity index (χ1n) is 7.59. The summed E-state index contributed by atoms with van der Waals surface area (Å²) in [4.78, 5) is 2.59. The average Bonchev–Trinajstić information content (AvgIpc) is 2.79. The van der Waals surface area contributed by atoms with E-state index < -0.39 is 0 Å².